The van der Waals surface area contributed by atoms with Crippen LogP contribution in [0.15, 0.2) is 60.9 Å². The highest BCUT2D eigenvalue weighted by atomic mass is 35.5. The van der Waals surface area contributed by atoms with Gasteiger partial charge in [-0.05, 0) is 48.9 Å². The standard InChI is InChI=1S/C25H20ClN5O2/c1-15-4-3-9-28-24(15)14-33-19-6-8-23(21(26)11-19)31-25-17(12-27)13-29-22-7-5-18(10-20(22)25)30-16(2)32/h3-11,13H,14H2,1-2H3,(H,29,31)(H,30,32). The number of hydrogen-bond donors (Lipinski definition) is 2. The minimum absolute atomic E-state index is 0.187. The predicted octanol–water partition coefficient (Wildman–Crippen LogP) is 5.74. The Bertz CT molecular complexity index is 1400. The maximum absolute atomic E-state index is 11.5. The number of amides is 1. The van der Waals surface area contributed by atoms with Gasteiger partial charge in [-0.25, -0.2) is 0 Å². The SMILES string of the molecule is CC(=O)Nc1ccc2ncc(C#N)c(Nc3ccc(OCc4ncccc4C)cc3Cl)c2c1. The van der Waals surface area contributed by atoms with Crippen LogP contribution in [0, 0.1) is 18.3 Å². The van der Waals surface area contributed by atoms with Gasteiger partial charge in [0, 0.05) is 36.5 Å². The Morgan fingerprint density at radius 3 is 2.76 bits per heavy atom. The lowest BCUT2D eigenvalue weighted by molar-refractivity contribution is -0.114. The summed E-state index contributed by atoms with van der Waals surface area (Å²) in [6.45, 7) is 3.75. The molecule has 2 N–H and O–H groups in total. The van der Waals surface area contributed by atoms with Crippen molar-refractivity contribution in [1.29, 1.82) is 5.26 Å². The van der Waals surface area contributed by atoms with Crippen molar-refractivity contribution in [2.75, 3.05) is 10.6 Å². The smallest absolute Gasteiger partial charge is 0.221 e. The number of nitrogens with zero attached hydrogens (tertiary/aromatic N) is 3. The van der Waals surface area contributed by atoms with Crippen molar-refractivity contribution < 1.29 is 9.53 Å². The van der Waals surface area contributed by atoms with Gasteiger partial charge in [0.05, 0.1) is 33.2 Å². The molecular formula is C25H20ClN5O2. The van der Waals surface area contributed by atoms with E-state index in [1.165, 1.54) is 13.1 Å². The number of aryl methyl sites for hydroxylation is 1. The fraction of sp³-hybridized carbons (Fsp3) is 0.120. The lowest BCUT2D eigenvalue weighted by atomic mass is 10.1. The van der Waals surface area contributed by atoms with E-state index in [-0.39, 0.29) is 5.91 Å². The number of halogens is 1. The number of benzene rings is 2. The zero-order valence-electron chi connectivity index (χ0n) is 18.0. The van der Waals surface area contributed by atoms with Gasteiger partial charge >= 0.3 is 0 Å². The molecular weight excluding hydrogens is 438 g/mol. The van der Waals surface area contributed by atoms with Crippen molar-refractivity contribution in [2.24, 2.45) is 0 Å². The number of anilines is 3. The summed E-state index contributed by atoms with van der Waals surface area (Å²) < 4.78 is 5.85. The largest absolute Gasteiger partial charge is 0.487 e. The van der Waals surface area contributed by atoms with Gasteiger partial charge < -0.3 is 15.4 Å². The van der Waals surface area contributed by atoms with Crippen LogP contribution < -0.4 is 15.4 Å². The fourth-order valence-electron chi connectivity index (χ4n) is 3.34. The molecule has 2 aromatic heterocycles. The molecule has 4 aromatic rings. The van der Waals surface area contributed by atoms with Crippen LogP contribution in [0.2, 0.25) is 5.02 Å². The van der Waals surface area contributed by atoms with Gasteiger partial charge in [-0.2, -0.15) is 5.26 Å². The average molecular weight is 458 g/mol. The van der Waals surface area contributed by atoms with Crippen LogP contribution in [-0.4, -0.2) is 15.9 Å². The van der Waals surface area contributed by atoms with Crippen LogP contribution in [0.1, 0.15) is 23.7 Å². The lowest BCUT2D eigenvalue weighted by Gasteiger charge is -2.15. The molecule has 0 saturated carbocycles. The van der Waals surface area contributed by atoms with E-state index < -0.39 is 0 Å². The van der Waals surface area contributed by atoms with Crippen molar-refractivity contribution in [1.82, 2.24) is 9.97 Å². The van der Waals surface area contributed by atoms with Gasteiger partial charge in [-0.1, -0.05) is 17.7 Å². The van der Waals surface area contributed by atoms with Crippen LogP contribution >= 0.6 is 11.6 Å². The van der Waals surface area contributed by atoms with E-state index in [0.717, 1.165) is 11.3 Å². The van der Waals surface area contributed by atoms with Gasteiger partial charge in [0.2, 0.25) is 5.91 Å². The average Bonchev–Trinajstić information content (AvgIpc) is 2.80. The Morgan fingerprint density at radius 1 is 1.18 bits per heavy atom. The van der Waals surface area contributed by atoms with E-state index in [2.05, 4.69) is 26.7 Å². The fourth-order valence-corrected chi connectivity index (χ4v) is 3.55. The molecule has 0 bridgehead atoms. The van der Waals surface area contributed by atoms with E-state index in [1.54, 1.807) is 42.6 Å². The van der Waals surface area contributed by atoms with Crippen molar-refractivity contribution >= 4 is 45.5 Å². The van der Waals surface area contributed by atoms with E-state index in [0.29, 0.717) is 50.9 Å². The second-order valence-corrected chi connectivity index (χ2v) is 7.80. The normalized spacial score (nSPS) is 10.5. The van der Waals surface area contributed by atoms with E-state index in [9.17, 15) is 10.1 Å². The van der Waals surface area contributed by atoms with E-state index in [4.69, 9.17) is 16.3 Å². The molecule has 164 valence electrons. The Kier molecular flexibility index (Phi) is 6.38. The van der Waals surface area contributed by atoms with Gasteiger partial charge in [0.25, 0.3) is 0 Å². The van der Waals surface area contributed by atoms with Gasteiger partial charge in [-0.3, -0.25) is 14.8 Å². The number of nitriles is 1. The molecule has 2 aromatic carbocycles. The number of aromatic nitrogens is 2. The van der Waals surface area contributed by atoms with Crippen molar-refractivity contribution in [3.05, 3.63) is 82.8 Å². The highest BCUT2D eigenvalue weighted by molar-refractivity contribution is 6.33. The number of ether oxygens (including phenoxy) is 1. The molecule has 0 fully saturated rings. The minimum atomic E-state index is -0.187. The first kappa shape index (κ1) is 22.1. The Balaban J connectivity index is 1.62. The van der Waals surface area contributed by atoms with Crippen LogP contribution in [0.3, 0.4) is 0 Å². The number of fused-ring (bicyclic) bond motifs is 1. The monoisotopic (exact) mass is 457 g/mol. The van der Waals surface area contributed by atoms with Crippen LogP contribution in [0.5, 0.6) is 5.75 Å². The van der Waals surface area contributed by atoms with Crippen molar-refractivity contribution in [3.8, 4) is 11.8 Å². The van der Waals surface area contributed by atoms with E-state index >= 15 is 0 Å². The number of carbonyl (C=O) groups excluding carboxylic acids is 1. The van der Waals surface area contributed by atoms with Crippen molar-refractivity contribution in [3.63, 3.8) is 0 Å². The number of hydrogen-bond acceptors (Lipinski definition) is 6. The first-order valence-electron chi connectivity index (χ1n) is 10.1. The highest BCUT2D eigenvalue weighted by Crippen LogP contribution is 2.35. The molecule has 2 heterocycles. The molecule has 0 aliphatic carbocycles. The van der Waals surface area contributed by atoms with Gasteiger partial charge in [-0.15, -0.1) is 0 Å². The van der Waals surface area contributed by atoms with Crippen LogP contribution in [0.25, 0.3) is 10.9 Å². The second-order valence-electron chi connectivity index (χ2n) is 7.39. The summed E-state index contributed by atoms with van der Waals surface area (Å²) >= 11 is 6.53. The zero-order valence-corrected chi connectivity index (χ0v) is 18.8. The molecule has 0 unspecified atom stereocenters. The molecule has 0 radical (unpaired) electrons. The third kappa shape index (κ3) is 5.03. The Hall–Kier alpha value is -4.15. The zero-order chi connectivity index (χ0) is 23.4. The summed E-state index contributed by atoms with van der Waals surface area (Å²) in [5.41, 5.74) is 4.69. The second kappa shape index (κ2) is 9.55. The maximum atomic E-state index is 11.5. The molecule has 7 nitrogen and oxygen atoms in total. The molecule has 8 heteroatoms. The summed E-state index contributed by atoms with van der Waals surface area (Å²) in [5, 5.41) is 16.7. The molecule has 0 aliphatic rings. The Morgan fingerprint density at radius 2 is 2.03 bits per heavy atom. The number of nitrogens with one attached hydrogen (secondary N) is 2. The number of rotatable bonds is 6. The molecule has 0 atom stereocenters. The van der Waals surface area contributed by atoms with Gasteiger partial charge in [0.15, 0.2) is 0 Å². The molecule has 0 aliphatic heterocycles. The molecule has 0 spiro atoms. The molecule has 4 rings (SSSR count). The number of carbonyl (C=O) groups is 1. The topological polar surface area (TPSA) is 99.9 Å². The van der Waals surface area contributed by atoms with Crippen LogP contribution in [-0.2, 0) is 11.4 Å². The summed E-state index contributed by atoms with van der Waals surface area (Å²) in [6.07, 6.45) is 3.23. The third-order valence-corrected chi connectivity index (χ3v) is 5.32. The van der Waals surface area contributed by atoms with E-state index in [1.807, 2.05) is 19.1 Å². The summed E-state index contributed by atoms with van der Waals surface area (Å²) in [6, 6.07) is 16.6. The van der Waals surface area contributed by atoms with Gasteiger partial charge in [0.1, 0.15) is 18.4 Å². The summed E-state index contributed by atoms with van der Waals surface area (Å²) in [4.78, 5) is 20.1. The van der Waals surface area contributed by atoms with Crippen molar-refractivity contribution in [2.45, 2.75) is 20.5 Å². The molecule has 0 saturated heterocycles. The quantitative estimate of drug-likeness (QED) is 0.382. The lowest BCUT2D eigenvalue weighted by Crippen LogP contribution is -2.06. The highest BCUT2D eigenvalue weighted by Gasteiger charge is 2.13. The first-order valence-corrected chi connectivity index (χ1v) is 10.5. The van der Waals surface area contributed by atoms with Crippen LogP contribution in [0.4, 0.5) is 17.1 Å². The molecule has 1 amide bonds. The Labute approximate surface area is 196 Å². The maximum Gasteiger partial charge on any atom is 0.221 e. The molecule has 33 heavy (non-hydrogen) atoms. The third-order valence-electron chi connectivity index (χ3n) is 5.00. The predicted molar refractivity (Wildman–Crippen MR) is 129 cm³/mol. The minimum Gasteiger partial charge on any atom is -0.487 e. The first-order chi connectivity index (χ1) is 15.9. The summed E-state index contributed by atoms with van der Waals surface area (Å²) in [5.74, 6) is 0.413. The number of pyridine rings is 2. The summed E-state index contributed by atoms with van der Waals surface area (Å²) in [7, 11) is 0.